The van der Waals surface area contributed by atoms with Gasteiger partial charge in [0, 0.05) is 39.6 Å². The van der Waals surface area contributed by atoms with Gasteiger partial charge in [0.05, 0.1) is 30.4 Å². The predicted octanol–water partition coefficient (Wildman–Crippen LogP) is 2.72. The van der Waals surface area contributed by atoms with Crippen molar-refractivity contribution in [3.8, 4) is 11.5 Å². The van der Waals surface area contributed by atoms with Crippen molar-refractivity contribution in [1.29, 1.82) is 0 Å². The summed E-state index contributed by atoms with van der Waals surface area (Å²) in [5.41, 5.74) is 9.24. The van der Waals surface area contributed by atoms with Gasteiger partial charge in [-0.15, -0.1) is 0 Å². The van der Waals surface area contributed by atoms with Gasteiger partial charge in [0.25, 0.3) is 0 Å². The van der Waals surface area contributed by atoms with Gasteiger partial charge in [-0.05, 0) is 61.1 Å². The summed E-state index contributed by atoms with van der Waals surface area (Å²) < 4.78 is 11.5. The number of methoxy groups -OCH3 is 1. The molecule has 2 aliphatic heterocycles. The van der Waals surface area contributed by atoms with Crippen molar-refractivity contribution in [1.82, 2.24) is 40.3 Å². The number of rotatable bonds is 12. The van der Waals surface area contributed by atoms with E-state index in [1.807, 2.05) is 61.5 Å². The van der Waals surface area contributed by atoms with E-state index >= 15 is 0 Å². The molecule has 3 heterocycles. The first kappa shape index (κ1) is 36.3. The van der Waals surface area contributed by atoms with Crippen molar-refractivity contribution in [2.24, 2.45) is 0 Å². The van der Waals surface area contributed by atoms with E-state index in [9.17, 15) is 19.2 Å². The molecule has 2 aliphatic rings. The van der Waals surface area contributed by atoms with E-state index in [0.29, 0.717) is 29.7 Å². The summed E-state index contributed by atoms with van der Waals surface area (Å²) in [5.74, 6) is 0.577. The molecule has 3 aromatic carbocycles. The Labute approximate surface area is 305 Å². The van der Waals surface area contributed by atoms with Gasteiger partial charge in [0.15, 0.2) is 5.13 Å². The summed E-state index contributed by atoms with van der Waals surface area (Å²) in [5, 5.41) is 9.18. The smallest absolute Gasteiger partial charge is 0.412 e. The fourth-order valence-corrected chi connectivity index (χ4v) is 7.18. The second-order valence-corrected chi connectivity index (χ2v) is 14.0. The number of likely N-dealkylation sites (N-methyl/N-ethyl adjacent to an activating group) is 1. The van der Waals surface area contributed by atoms with Crippen LogP contribution in [0, 0.1) is 0 Å². The van der Waals surface area contributed by atoms with Gasteiger partial charge in [-0.25, -0.2) is 14.6 Å². The maximum absolute atomic E-state index is 14.3. The number of para-hydroxylation sites is 1. The number of fused-ring (bicyclic) bond motifs is 2. The summed E-state index contributed by atoms with van der Waals surface area (Å²) in [7, 11) is 7.03. The molecule has 2 atom stereocenters. The number of carbonyl (C=O) groups excluding carboxylic acids is 4. The van der Waals surface area contributed by atoms with E-state index in [1.54, 1.807) is 53.2 Å². The van der Waals surface area contributed by atoms with Crippen molar-refractivity contribution >= 4 is 50.6 Å². The highest BCUT2D eigenvalue weighted by Gasteiger charge is 2.51. The molecule has 0 bridgehead atoms. The summed E-state index contributed by atoms with van der Waals surface area (Å²) in [4.78, 5) is 63.5. The molecule has 4 aromatic rings. The van der Waals surface area contributed by atoms with Crippen LogP contribution in [0.15, 0.2) is 66.7 Å². The van der Waals surface area contributed by atoms with Crippen molar-refractivity contribution < 1.29 is 28.7 Å². The van der Waals surface area contributed by atoms with Gasteiger partial charge in [-0.3, -0.25) is 14.6 Å². The Morgan fingerprint density at radius 1 is 0.981 bits per heavy atom. The van der Waals surface area contributed by atoms with Crippen LogP contribution in [0.2, 0.25) is 0 Å². The third-order valence-electron chi connectivity index (χ3n) is 9.12. The first-order chi connectivity index (χ1) is 25.0. The van der Waals surface area contributed by atoms with Crippen LogP contribution in [0.3, 0.4) is 0 Å². The zero-order valence-corrected chi connectivity index (χ0v) is 30.4. The molecule has 0 spiro atoms. The van der Waals surface area contributed by atoms with E-state index in [0.717, 1.165) is 26.9 Å². The molecule has 0 unspecified atom stereocenters. The molecule has 0 saturated carbocycles. The van der Waals surface area contributed by atoms with E-state index in [2.05, 4.69) is 15.6 Å². The van der Waals surface area contributed by atoms with Gasteiger partial charge < -0.3 is 40.5 Å². The molecule has 2 saturated heterocycles. The number of nitrogen functional groups attached to an aromatic ring is 1. The molecular weight excluding hydrogens is 687 g/mol. The SMILES string of the molecule is COc1ccc(CNC(=O)N(C)N2CC(=O)N3[C@@H](Cc4ccc(OC(=O)NCCN(C)C)cc4)C(=O)N(Cc4cccc5sc(N)nc45)C[C@@H]32)cc1. The number of ether oxygens (including phenoxy) is 2. The lowest BCUT2D eigenvalue weighted by Crippen LogP contribution is -2.65. The molecule has 1 aromatic heterocycles. The Balaban J connectivity index is 1.21. The lowest BCUT2D eigenvalue weighted by Gasteiger charge is -2.45. The third-order valence-corrected chi connectivity index (χ3v) is 9.97. The van der Waals surface area contributed by atoms with Crippen LogP contribution in [-0.4, -0.2) is 120 Å². The highest BCUT2D eigenvalue weighted by molar-refractivity contribution is 7.22. The number of hydrazine groups is 1. The van der Waals surface area contributed by atoms with Crippen molar-refractivity contribution in [3.05, 3.63) is 83.4 Å². The van der Waals surface area contributed by atoms with Crippen molar-refractivity contribution in [2.45, 2.75) is 31.7 Å². The number of thiazole rings is 1. The number of nitrogens with zero attached hydrogens (tertiary/aromatic N) is 6. The van der Waals surface area contributed by atoms with Gasteiger partial charge in [-0.2, -0.15) is 5.01 Å². The molecule has 6 rings (SSSR count). The zero-order chi connectivity index (χ0) is 36.9. The van der Waals surface area contributed by atoms with Crippen LogP contribution < -0.4 is 25.8 Å². The molecular formula is C36H43N9O6S. The number of benzene rings is 3. The summed E-state index contributed by atoms with van der Waals surface area (Å²) in [6.45, 7) is 1.72. The summed E-state index contributed by atoms with van der Waals surface area (Å²) in [6.07, 6.45) is -0.963. The highest BCUT2D eigenvalue weighted by atomic mass is 32.1. The molecule has 0 aliphatic carbocycles. The Bertz CT molecular complexity index is 1920. The number of aromatic nitrogens is 1. The molecule has 5 amide bonds. The van der Waals surface area contributed by atoms with Crippen LogP contribution in [0.1, 0.15) is 16.7 Å². The highest BCUT2D eigenvalue weighted by Crippen LogP contribution is 2.32. The van der Waals surface area contributed by atoms with Crippen molar-refractivity contribution in [3.63, 3.8) is 0 Å². The number of hydrogen-bond donors (Lipinski definition) is 3. The van der Waals surface area contributed by atoms with Gasteiger partial charge >= 0.3 is 12.1 Å². The van der Waals surface area contributed by atoms with Gasteiger partial charge in [-0.1, -0.05) is 47.7 Å². The van der Waals surface area contributed by atoms with Crippen molar-refractivity contribution in [2.75, 3.05) is 60.2 Å². The first-order valence-corrected chi connectivity index (χ1v) is 17.7. The Morgan fingerprint density at radius 3 is 2.40 bits per heavy atom. The van der Waals surface area contributed by atoms with Crippen LogP contribution in [0.4, 0.5) is 14.7 Å². The number of anilines is 1. The summed E-state index contributed by atoms with van der Waals surface area (Å²) in [6, 6.07) is 18.8. The van der Waals surface area contributed by atoms with Crippen LogP contribution in [-0.2, 0) is 29.1 Å². The maximum Gasteiger partial charge on any atom is 0.412 e. The normalized spacial score (nSPS) is 17.4. The van der Waals surface area contributed by atoms with Crippen LogP contribution in [0.5, 0.6) is 11.5 Å². The van der Waals surface area contributed by atoms with Gasteiger partial charge in [0.1, 0.15) is 23.7 Å². The first-order valence-electron chi connectivity index (χ1n) is 16.8. The molecule has 52 heavy (non-hydrogen) atoms. The Kier molecular flexibility index (Phi) is 11.1. The number of urea groups is 1. The molecule has 16 heteroatoms. The number of nitrogens with two attached hydrogens (primary N) is 1. The van der Waals surface area contributed by atoms with Crippen LogP contribution >= 0.6 is 11.3 Å². The minimum absolute atomic E-state index is 0.0807. The van der Waals surface area contributed by atoms with E-state index in [4.69, 9.17) is 15.2 Å². The Hall–Kier alpha value is -5.45. The average Bonchev–Trinajstić information content (AvgIpc) is 3.68. The number of carbonyl (C=O) groups is 4. The molecule has 0 radical (unpaired) electrons. The largest absolute Gasteiger partial charge is 0.497 e. The zero-order valence-electron chi connectivity index (χ0n) is 29.6. The third kappa shape index (κ3) is 8.19. The van der Waals surface area contributed by atoms with Gasteiger partial charge in [0.2, 0.25) is 11.8 Å². The second kappa shape index (κ2) is 15.8. The molecule has 4 N–H and O–H groups in total. The number of amides is 5. The standard InChI is InChI=1S/C36H43N9O6S/c1-41(2)17-16-38-36(49)51-27-14-8-23(9-15-27)18-28-33(47)43(20-25-6-5-7-29-32(25)40-34(37)52-29)21-30-44(22-31(46)45(28)30)42(3)35(48)39-19-24-10-12-26(50-4)13-11-24/h5-15,28,30H,16-22H2,1-4H3,(H2,37,40)(H,38,49)(H,39,48)/t28-,30+/m0/s1. The topological polar surface area (TPSA) is 166 Å². The van der Waals surface area contributed by atoms with E-state index in [1.165, 1.54) is 16.3 Å². The number of hydrogen-bond acceptors (Lipinski definition) is 11. The summed E-state index contributed by atoms with van der Waals surface area (Å²) >= 11 is 1.38. The molecule has 2 fully saturated rings. The minimum atomic E-state index is -0.854. The quantitative estimate of drug-likeness (QED) is 0.198. The number of piperazine rings is 1. The fourth-order valence-electron chi connectivity index (χ4n) is 6.40. The second-order valence-electron chi connectivity index (χ2n) is 12.9. The molecule has 274 valence electrons. The average molecular weight is 730 g/mol. The van der Waals surface area contributed by atoms with Crippen LogP contribution in [0.25, 0.3) is 10.2 Å². The Morgan fingerprint density at radius 2 is 1.69 bits per heavy atom. The lowest BCUT2D eigenvalue weighted by molar-refractivity contribution is -0.157. The fraction of sp³-hybridized carbons (Fsp3) is 0.361. The number of nitrogens with one attached hydrogen (secondary N) is 2. The maximum atomic E-state index is 14.3. The van der Waals surface area contributed by atoms with E-state index in [-0.39, 0.29) is 44.4 Å². The lowest BCUT2D eigenvalue weighted by atomic mass is 9.99. The minimum Gasteiger partial charge on any atom is -0.497 e. The van der Waals surface area contributed by atoms with E-state index < -0.39 is 24.3 Å². The predicted molar refractivity (Wildman–Crippen MR) is 196 cm³/mol. The monoisotopic (exact) mass is 729 g/mol. The molecule has 15 nitrogen and oxygen atoms in total.